The van der Waals surface area contributed by atoms with Gasteiger partial charge in [-0.15, -0.1) is 0 Å². The molecule has 6 nitrogen and oxygen atoms in total. The van der Waals surface area contributed by atoms with E-state index in [0.717, 1.165) is 44.6 Å². The number of benzene rings is 1. The maximum atomic E-state index is 12.9. The van der Waals surface area contributed by atoms with Crippen molar-refractivity contribution in [1.82, 2.24) is 21.1 Å². The first kappa shape index (κ1) is 18.7. The molecule has 0 saturated carbocycles. The second kappa shape index (κ2) is 7.65. The Morgan fingerprint density at radius 3 is 2.92 bits per heavy atom. The quantitative estimate of drug-likeness (QED) is 0.572. The van der Waals surface area contributed by atoms with Gasteiger partial charge in [0.05, 0.1) is 5.56 Å². The molecule has 5 N–H and O–H groups in total. The third-order valence-electron chi connectivity index (χ3n) is 4.34. The van der Waals surface area contributed by atoms with Crippen LogP contribution in [0.2, 0.25) is 0 Å². The largest absolute Gasteiger partial charge is 0.416 e. The third-order valence-corrected chi connectivity index (χ3v) is 4.34. The Hall–Kier alpha value is -2.10. The highest BCUT2D eigenvalue weighted by atomic mass is 19.4. The standard InChI is InChI=1S/C17H23F3N6/c18-16(19,20)13-4-1-5-14(12-13)17(21)23-9-6-15(25-17)22-7-2-10-26-11-3-8-24-26/h1,4-6,9,12,22,24-25H,2-3,7-8,10-11,21H2. The van der Waals surface area contributed by atoms with E-state index < -0.39 is 17.5 Å². The predicted octanol–water partition coefficient (Wildman–Crippen LogP) is 1.48. The number of rotatable bonds is 6. The fraction of sp³-hybridized carbons (Fsp3) is 0.471. The number of hydrogen-bond donors (Lipinski definition) is 4. The molecule has 1 atom stereocenters. The van der Waals surface area contributed by atoms with Gasteiger partial charge in [0.15, 0.2) is 0 Å². The van der Waals surface area contributed by atoms with Crippen molar-refractivity contribution < 1.29 is 13.2 Å². The fourth-order valence-corrected chi connectivity index (χ4v) is 2.96. The van der Waals surface area contributed by atoms with Gasteiger partial charge in [-0.25, -0.2) is 10.0 Å². The topological polar surface area (TPSA) is 77.7 Å². The van der Waals surface area contributed by atoms with Crippen molar-refractivity contribution in [3.8, 4) is 0 Å². The lowest BCUT2D eigenvalue weighted by Crippen LogP contribution is -2.52. The molecular formula is C17H23F3N6. The molecule has 0 radical (unpaired) electrons. The van der Waals surface area contributed by atoms with Crippen molar-refractivity contribution in [2.24, 2.45) is 10.7 Å². The van der Waals surface area contributed by atoms with Gasteiger partial charge in [0, 0.05) is 38.0 Å². The third kappa shape index (κ3) is 4.54. The highest BCUT2D eigenvalue weighted by molar-refractivity contribution is 5.73. The van der Waals surface area contributed by atoms with Crippen molar-refractivity contribution in [1.29, 1.82) is 0 Å². The van der Waals surface area contributed by atoms with Crippen molar-refractivity contribution >= 4 is 6.21 Å². The van der Waals surface area contributed by atoms with Crippen molar-refractivity contribution in [3.05, 3.63) is 47.3 Å². The van der Waals surface area contributed by atoms with E-state index in [4.69, 9.17) is 5.73 Å². The summed E-state index contributed by atoms with van der Waals surface area (Å²) in [6.07, 6.45) is 0.868. The summed E-state index contributed by atoms with van der Waals surface area (Å²) >= 11 is 0. The molecular weight excluding hydrogens is 345 g/mol. The molecule has 1 fully saturated rings. The highest BCUT2D eigenvalue weighted by Crippen LogP contribution is 2.31. The minimum Gasteiger partial charge on any atom is -0.372 e. The second-order valence-corrected chi connectivity index (χ2v) is 6.36. The second-order valence-electron chi connectivity index (χ2n) is 6.36. The summed E-state index contributed by atoms with van der Waals surface area (Å²) in [5.41, 5.74) is 9.00. The first-order valence-electron chi connectivity index (χ1n) is 8.59. The summed E-state index contributed by atoms with van der Waals surface area (Å²) in [7, 11) is 0. The van der Waals surface area contributed by atoms with E-state index in [1.807, 2.05) is 0 Å². The molecule has 142 valence electrons. The summed E-state index contributed by atoms with van der Waals surface area (Å²) in [5, 5.41) is 8.39. The zero-order valence-corrected chi connectivity index (χ0v) is 14.3. The average Bonchev–Trinajstić information content (AvgIpc) is 3.12. The Balaban J connectivity index is 1.58. The molecule has 0 amide bonds. The minimum absolute atomic E-state index is 0.247. The van der Waals surface area contributed by atoms with Gasteiger partial charge in [-0.3, -0.25) is 11.2 Å². The Morgan fingerprint density at radius 1 is 1.35 bits per heavy atom. The summed E-state index contributed by atoms with van der Waals surface area (Å²) in [4.78, 5) is 4.14. The molecule has 1 saturated heterocycles. The van der Waals surface area contributed by atoms with Gasteiger partial charge in [-0.05, 0) is 31.1 Å². The maximum absolute atomic E-state index is 12.9. The number of halogens is 3. The lowest BCUT2D eigenvalue weighted by molar-refractivity contribution is -0.137. The van der Waals surface area contributed by atoms with E-state index in [-0.39, 0.29) is 5.56 Å². The van der Waals surface area contributed by atoms with Crippen LogP contribution in [-0.4, -0.2) is 37.4 Å². The van der Waals surface area contributed by atoms with Crippen LogP contribution in [0.1, 0.15) is 24.0 Å². The summed E-state index contributed by atoms with van der Waals surface area (Å²) in [6.45, 7) is 3.71. The van der Waals surface area contributed by atoms with Gasteiger partial charge < -0.3 is 10.6 Å². The zero-order chi connectivity index (χ0) is 18.6. The normalized spacial score (nSPS) is 23.6. The van der Waals surface area contributed by atoms with Crippen LogP contribution in [0.3, 0.4) is 0 Å². The SMILES string of the molecule is NC1(c2cccc(C(F)(F)F)c2)N=CC=C(NCCCN2CCCN2)N1. The fourth-order valence-electron chi connectivity index (χ4n) is 2.96. The summed E-state index contributed by atoms with van der Waals surface area (Å²) in [5.74, 6) is -0.802. The number of alkyl halides is 3. The lowest BCUT2D eigenvalue weighted by Gasteiger charge is -2.32. The van der Waals surface area contributed by atoms with E-state index in [1.165, 1.54) is 18.3 Å². The molecule has 0 spiro atoms. The monoisotopic (exact) mass is 368 g/mol. The molecule has 26 heavy (non-hydrogen) atoms. The Labute approximate surface area is 150 Å². The molecule has 0 aromatic heterocycles. The molecule has 1 aromatic carbocycles. The number of nitrogens with one attached hydrogen (secondary N) is 3. The van der Waals surface area contributed by atoms with Gasteiger partial charge in [-0.2, -0.15) is 13.2 Å². The van der Waals surface area contributed by atoms with Crippen molar-refractivity contribution in [3.63, 3.8) is 0 Å². The van der Waals surface area contributed by atoms with E-state index in [1.54, 1.807) is 6.08 Å². The molecule has 0 bridgehead atoms. The van der Waals surface area contributed by atoms with E-state index in [2.05, 4.69) is 26.1 Å². The van der Waals surface area contributed by atoms with Crippen LogP contribution in [-0.2, 0) is 12.0 Å². The molecule has 2 aliphatic heterocycles. The van der Waals surface area contributed by atoms with Gasteiger partial charge in [0.1, 0.15) is 5.82 Å². The number of aliphatic imine (C=N–C) groups is 1. The number of hydrazine groups is 1. The summed E-state index contributed by atoms with van der Waals surface area (Å²) < 4.78 is 38.8. The van der Waals surface area contributed by atoms with Gasteiger partial charge in [0.25, 0.3) is 0 Å². The first-order chi connectivity index (χ1) is 12.4. The van der Waals surface area contributed by atoms with Crippen molar-refractivity contribution in [2.45, 2.75) is 24.8 Å². The van der Waals surface area contributed by atoms with Crippen LogP contribution >= 0.6 is 0 Å². The molecule has 1 aromatic rings. The molecule has 9 heteroatoms. The van der Waals surface area contributed by atoms with Crippen molar-refractivity contribution in [2.75, 3.05) is 26.2 Å². The first-order valence-corrected chi connectivity index (χ1v) is 8.59. The predicted molar refractivity (Wildman–Crippen MR) is 93.8 cm³/mol. The Morgan fingerprint density at radius 2 is 2.19 bits per heavy atom. The molecule has 2 heterocycles. The Bertz CT molecular complexity index is 681. The smallest absolute Gasteiger partial charge is 0.372 e. The molecule has 3 rings (SSSR count). The van der Waals surface area contributed by atoms with Gasteiger partial charge in [-0.1, -0.05) is 12.1 Å². The highest BCUT2D eigenvalue weighted by Gasteiger charge is 2.34. The van der Waals surface area contributed by atoms with E-state index in [9.17, 15) is 13.2 Å². The van der Waals surface area contributed by atoms with E-state index in [0.29, 0.717) is 12.4 Å². The maximum Gasteiger partial charge on any atom is 0.416 e. The molecule has 0 aliphatic carbocycles. The van der Waals surface area contributed by atoms with Crippen LogP contribution in [0, 0.1) is 0 Å². The van der Waals surface area contributed by atoms with Crippen LogP contribution in [0.15, 0.2) is 41.2 Å². The van der Waals surface area contributed by atoms with Crippen LogP contribution in [0.4, 0.5) is 13.2 Å². The zero-order valence-electron chi connectivity index (χ0n) is 14.3. The average molecular weight is 368 g/mol. The van der Waals surface area contributed by atoms with E-state index >= 15 is 0 Å². The lowest BCUT2D eigenvalue weighted by atomic mass is 10.0. The Kier molecular flexibility index (Phi) is 5.49. The molecule has 1 unspecified atom stereocenters. The number of nitrogens with two attached hydrogens (primary N) is 1. The minimum atomic E-state index is -4.43. The van der Waals surface area contributed by atoms with Crippen LogP contribution in [0.5, 0.6) is 0 Å². The summed E-state index contributed by atoms with van der Waals surface area (Å²) in [6, 6.07) is 4.90. The van der Waals surface area contributed by atoms with Gasteiger partial charge >= 0.3 is 6.18 Å². The van der Waals surface area contributed by atoms with Gasteiger partial charge in [0.2, 0.25) is 5.79 Å². The number of allylic oxidation sites excluding steroid dienone is 1. The number of hydrogen-bond acceptors (Lipinski definition) is 6. The molecule has 2 aliphatic rings. The number of nitrogens with zero attached hydrogens (tertiary/aromatic N) is 2. The van der Waals surface area contributed by atoms with Crippen LogP contribution < -0.4 is 21.8 Å². The van der Waals surface area contributed by atoms with Crippen LogP contribution in [0.25, 0.3) is 0 Å².